The maximum absolute atomic E-state index is 12.9. The number of benzene rings is 1. The quantitative estimate of drug-likeness (QED) is 0.529. The van der Waals surface area contributed by atoms with Crippen LogP contribution in [-0.2, 0) is 23.8 Å². The smallest absolute Gasteiger partial charge is 0.351 e. The van der Waals surface area contributed by atoms with Gasteiger partial charge in [0.1, 0.15) is 11.9 Å². The minimum atomic E-state index is -1.22. The first kappa shape index (κ1) is 26.0. The molecule has 35 heavy (non-hydrogen) atoms. The summed E-state index contributed by atoms with van der Waals surface area (Å²) in [6, 6.07) is 9.79. The minimum Gasteiger partial charge on any atom is -0.455 e. The van der Waals surface area contributed by atoms with E-state index in [4.69, 9.17) is 14.2 Å². The number of esters is 2. The van der Waals surface area contributed by atoms with E-state index in [1.54, 1.807) is 58.0 Å². The van der Waals surface area contributed by atoms with Gasteiger partial charge in [-0.1, -0.05) is 45.9 Å². The lowest BCUT2D eigenvalue weighted by molar-refractivity contribution is -0.172. The van der Waals surface area contributed by atoms with Crippen molar-refractivity contribution >= 4 is 23.7 Å². The second-order valence-corrected chi connectivity index (χ2v) is 8.68. The fourth-order valence-electron chi connectivity index (χ4n) is 3.34. The van der Waals surface area contributed by atoms with Crippen LogP contribution in [0.5, 0.6) is 0 Å². The second-order valence-electron chi connectivity index (χ2n) is 8.68. The number of carbonyl (C=O) groups is 3. The van der Waals surface area contributed by atoms with Crippen molar-refractivity contribution in [3.63, 3.8) is 0 Å². The highest BCUT2D eigenvalue weighted by atomic mass is 16.6. The molecular weight excluding hydrogens is 458 g/mol. The maximum atomic E-state index is 12.9. The number of carbonyl (C=O) groups excluding carboxylic acids is 3. The predicted octanol–water partition coefficient (Wildman–Crippen LogP) is 1.52. The van der Waals surface area contributed by atoms with Crippen LogP contribution in [0.4, 0.5) is 5.82 Å². The van der Waals surface area contributed by atoms with Gasteiger partial charge in [0, 0.05) is 11.8 Å². The van der Waals surface area contributed by atoms with Crippen molar-refractivity contribution in [1.82, 2.24) is 9.55 Å². The summed E-state index contributed by atoms with van der Waals surface area (Å²) in [5.74, 6) is -2.59. The van der Waals surface area contributed by atoms with Gasteiger partial charge in [0.05, 0.1) is 18.4 Å². The molecule has 0 saturated carbocycles. The number of aliphatic hydroxyl groups excluding tert-OH is 1. The SMILES string of the molecule is CC(C)C(=O)O[C@@H]1[C@H](OC(=O)C(C)C)[C@@H](CO)O[C@H]1n1ccc(NC(=O)c2ccccc2)nc1=O. The van der Waals surface area contributed by atoms with E-state index in [0.29, 0.717) is 5.56 Å². The van der Waals surface area contributed by atoms with Crippen LogP contribution in [-0.4, -0.2) is 57.4 Å². The number of aromatic nitrogens is 2. The number of amides is 1. The molecule has 0 unspecified atom stereocenters. The lowest BCUT2D eigenvalue weighted by atomic mass is 10.1. The molecule has 0 spiro atoms. The van der Waals surface area contributed by atoms with Gasteiger partial charge in [0.2, 0.25) is 0 Å². The summed E-state index contributed by atoms with van der Waals surface area (Å²) in [7, 11) is 0. The summed E-state index contributed by atoms with van der Waals surface area (Å²) in [6.07, 6.45) is -3.31. The van der Waals surface area contributed by atoms with Crippen LogP contribution in [0.1, 0.15) is 44.3 Å². The molecule has 1 aliphatic rings. The second kappa shape index (κ2) is 11.2. The van der Waals surface area contributed by atoms with Crippen LogP contribution in [0.3, 0.4) is 0 Å². The van der Waals surface area contributed by atoms with E-state index in [2.05, 4.69) is 10.3 Å². The van der Waals surface area contributed by atoms with Gasteiger partial charge in [-0.3, -0.25) is 19.0 Å². The number of nitrogens with zero attached hydrogens (tertiary/aromatic N) is 2. The van der Waals surface area contributed by atoms with Crippen molar-refractivity contribution < 1.29 is 33.7 Å². The lowest BCUT2D eigenvalue weighted by Gasteiger charge is -2.26. The van der Waals surface area contributed by atoms with Crippen molar-refractivity contribution in [2.24, 2.45) is 11.8 Å². The van der Waals surface area contributed by atoms with Crippen LogP contribution in [0, 0.1) is 11.8 Å². The van der Waals surface area contributed by atoms with E-state index < -0.39 is 66.5 Å². The Hall–Kier alpha value is -3.57. The Labute approximate surface area is 202 Å². The number of rotatable bonds is 8. The van der Waals surface area contributed by atoms with E-state index in [0.717, 1.165) is 4.57 Å². The van der Waals surface area contributed by atoms with Crippen LogP contribution in [0.2, 0.25) is 0 Å². The molecule has 1 aromatic heterocycles. The first-order valence-electron chi connectivity index (χ1n) is 11.2. The summed E-state index contributed by atoms with van der Waals surface area (Å²) in [6.45, 7) is 5.98. The van der Waals surface area contributed by atoms with Gasteiger partial charge in [-0.15, -0.1) is 0 Å². The molecule has 0 bridgehead atoms. The standard InChI is InChI=1S/C24H29N3O8/c1-13(2)22(30)34-18-16(12-28)33-21(19(18)35-23(31)14(3)4)27-11-10-17(26-24(27)32)25-20(29)15-8-6-5-7-9-15/h5-11,13-14,16,18-19,21,28H,12H2,1-4H3,(H,25,26,29,32)/t16-,18-,19-,21-/m1/s1. The van der Waals surface area contributed by atoms with E-state index in [-0.39, 0.29) is 5.82 Å². The van der Waals surface area contributed by atoms with Gasteiger partial charge < -0.3 is 24.6 Å². The molecule has 1 amide bonds. The Morgan fingerprint density at radius 2 is 1.63 bits per heavy atom. The zero-order valence-corrected chi connectivity index (χ0v) is 19.9. The average Bonchev–Trinajstić information content (AvgIpc) is 3.16. The highest BCUT2D eigenvalue weighted by Crippen LogP contribution is 2.34. The first-order chi connectivity index (χ1) is 16.6. The van der Waals surface area contributed by atoms with Gasteiger partial charge in [-0.25, -0.2) is 4.79 Å². The summed E-state index contributed by atoms with van der Waals surface area (Å²) < 4.78 is 17.9. The number of aliphatic hydroxyl groups is 1. The molecule has 1 aromatic carbocycles. The minimum absolute atomic E-state index is 0.00955. The van der Waals surface area contributed by atoms with E-state index in [1.807, 2.05) is 0 Å². The lowest BCUT2D eigenvalue weighted by Crippen LogP contribution is -2.43. The topological polar surface area (TPSA) is 146 Å². The van der Waals surface area contributed by atoms with E-state index in [1.165, 1.54) is 12.3 Å². The zero-order chi connectivity index (χ0) is 25.7. The van der Waals surface area contributed by atoms with Gasteiger partial charge in [0.15, 0.2) is 18.4 Å². The summed E-state index contributed by atoms with van der Waals surface area (Å²) in [4.78, 5) is 53.8. The van der Waals surface area contributed by atoms with Crippen LogP contribution in [0.15, 0.2) is 47.4 Å². The monoisotopic (exact) mass is 487 g/mol. The fourth-order valence-corrected chi connectivity index (χ4v) is 3.34. The Kier molecular flexibility index (Phi) is 8.36. The van der Waals surface area contributed by atoms with Gasteiger partial charge in [-0.2, -0.15) is 4.98 Å². The number of hydrogen-bond donors (Lipinski definition) is 2. The molecule has 4 atom stereocenters. The third-order valence-corrected chi connectivity index (χ3v) is 5.29. The molecule has 1 fully saturated rings. The molecule has 2 aromatic rings. The van der Waals surface area contributed by atoms with Crippen molar-refractivity contribution in [3.8, 4) is 0 Å². The Bertz CT molecular complexity index is 1120. The highest BCUT2D eigenvalue weighted by Gasteiger charge is 2.51. The molecule has 11 heteroatoms. The number of anilines is 1. The molecule has 3 rings (SSSR count). The molecule has 2 heterocycles. The largest absolute Gasteiger partial charge is 0.455 e. The zero-order valence-electron chi connectivity index (χ0n) is 19.9. The molecule has 11 nitrogen and oxygen atoms in total. The third kappa shape index (κ3) is 6.11. The molecule has 1 aliphatic heterocycles. The Balaban J connectivity index is 1.89. The normalized spacial score (nSPS) is 21.7. The Morgan fingerprint density at radius 1 is 1.03 bits per heavy atom. The summed E-state index contributed by atoms with van der Waals surface area (Å²) in [5.41, 5.74) is -0.419. The fraction of sp³-hybridized carbons (Fsp3) is 0.458. The number of hydrogen-bond acceptors (Lipinski definition) is 9. The van der Waals surface area contributed by atoms with Crippen LogP contribution in [0.25, 0.3) is 0 Å². The molecule has 188 valence electrons. The molecule has 0 radical (unpaired) electrons. The highest BCUT2D eigenvalue weighted by molar-refractivity contribution is 6.03. The van der Waals surface area contributed by atoms with Gasteiger partial charge >= 0.3 is 17.6 Å². The van der Waals surface area contributed by atoms with E-state index in [9.17, 15) is 24.3 Å². The average molecular weight is 488 g/mol. The summed E-state index contributed by atoms with van der Waals surface area (Å²) >= 11 is 0. The maximum Gasteiger partial charge on any atom is 0.351 e. The van der Waals surface area contributed by atoms with Gasteiger partial charge in [0.25, 0.3) is 5.91 Å². The predicted molar refractivity (Wildman–Crippen MR) is 123 cm³/mol. The van der Waals surface area contributed by atoms with Crippen LogP contribution < -0.4 is 11.0 Å². The van der Waals surface area contributed by atoms with Crippen LogP contribution >= 0.6 is 0 Å². The molecule has 0 aliphatic carbocycles. The molecular formula is C24H29N3O8. The van der Waals surface area contributed by atoms with Crippen molar-refractivity contribution in [2.45, 2.75) is 52.2 Å². The van der Waals surface area contributed by atoms with Gasteiger partial charge in [-0.05, 0) is 18.2 Å². The first-order valence-corrected chi connectivity index (χ1v) is 11.2. The molecule has 1 saturated heterocycles. The van der Waals surface area contributed by atoms with Crippen molar-refractivity contribution in [2.75, 3.05) is 11.9 Å². The number of nitrogens with one attached hydrogen (secondary N) is 1. The molecule has 2 N–H and O–H groups in total. The van der Waals surface area contributed by atoms with Crippen molar-refractivity contribution in [1.29, 1.82) is 0 Å². The summed E-state index contributed by atoms with van der Waals surface area (Å²) in [5, 5.41) is 12.4. The Morgan fingerprint density at radius 3 is 2.17 bits per heavy atom. The van der Waals surface area contributed by atoms with Crippen molar-refractivity contribution in [3.05, 3.63) is 58.6 Å². The van der Waals surface area contributed by atoms with E-state index >= 15 is 0 Å². The third-order valence-electron chi connectivity index (χ3n) is 5.29. The number of ether oxygens (including phenoxy) is 3.